The Bertz CT molecular complexity index is 477. The number of nitrogens with zero attached hydrogens (tertiary/aromatic N) is 2. The summed E-state index contributed by atoms with van der Waals surface area (Å²) < 4.78 is 13.9. The molecule has 0 atom stereocenters. The highest BCUT2D eigenvalue weighted by Crippen LogP contribution is 2.10. The third-order valence-corrected chi connectivity index (χ3v) is 1.75. The fraction of sp³-hybridized carbons (Fsp3) is 0. The normalized spacial score (nSPS) is 10.5. The number of hydrogen-bond acceptors (Lipinski definition) is 2. The first-order chi connectivity index (χ1) is 6.18. The van der Waals surface area contributed by atoms with E-state index in [0.717, 1.165) is 0 Å². The second kappa shape index (κ2) is 2.55. The number of primary amides is 1. The fourth-order valence-corrected chi connectivity index (χ4v) is 1.15. The average Bonchev–Trinajstić information content (AvgIpc) is 2.46. The molecule has 2 aromatic heterocycles. The van der Waals surface area contributed by atoms with Crippen molar-refractivity contribution in [3.8, 4) is 0 Å². The Kier molecular flexibility index (Phi) is 1.51. The highest BCUT2D eigenvalue weighted by Gasteiger charge is 2.08. The lowest BCUT2D eigenvalue weighted by molar-refractivity contribution is 0.100. The van der Waals surface area contributed by atoms with Gasteiger partial charge in [-0.3, -0.25) is 4.79 Å². The van der Waals surface area contributed by atoms with Crippen LogP contribution in [0, 0.1) is 5.82 Å². The third kappa shape index (κ3) is 1.14. The first-order valence-corrected chi connectivity index (χ1v) is 3.61. The second-order valence-corrected chi connectivity index (χ2v) is 2.60. The van der Waals surface area contributed by atoms with Crippen LogP contribution in [0.1, 0.15) is 10.4 Å². The van der Waals surface area contributed by atoms with Gasteiger partial charge in [-0.15, -0.1) is 0 Å². The minimum Gasteiger partial charge on any atom is -0.365 e. The molecule has 0 radical (unpaired) electrons. The summed E-state index contributed by atoms with van der Waals surface area (Å²) in [6, 6.07) is 2.71. The van der Waals surface area contributed by atoms with Crippen LogP contribution in [0.5, 0.6) is 0 Å². The lowest BCUT2D eigenvalue weighted by atomic mass is 10.2. The number of fused-ring (bicyclic) bond motifs is 1. The van der Waals surface area contributed by atoms with Crippen LogP contribution in [-0.2, 0) is 0 Å². The number of rotatable bonds is 1. The van der Waals surface area contributed by atoms with Crippen LogP contribution in [0.4, 0.5) is 4.39 Å². The maximum atomic E-state index is 12.7. The first-order valence-electron chi connectivity index (χ1n) is 3.61. The minimum absolute atomic E-state index is 0.292. The summed E-state index contributed by atoms with van der Waals surface area (Å²) in [5.41, 5.74) is 5.88. The molecule has 0 aromatic carbocycles. The van der Waals surface area contributed by atoms with Crippen LogP contribution < -0.4 is 5.73 Å². The summed E-state index contributed by atoms with van der Waals surface area (Å²) >= 11 is 0. The Labute approximate surface area is 72.8 Å². The molecule has 1 amide bonds. The van der Waals surface area contributed by atoms with E-state index < -0.39 is 11.7 Å². The van der Waals surface area contributed by atoms with E-state index in [-0.39, 0.29) is 0 Å². The molecular formula is C8H6FN3O. The molecule has 0 aliphatic carbocycles. The van der Waals surface area contributed by atoms with E-state index in [1.54, 1.807) is 0 Å². The first kappa shape index (κ1) is 7.72. The predicted octanol–water partition coefficient (Wildman–Crippen LogP) is 0.572. The van der Waals surface area contributed by atoms with Crippen LogP contribution in [0.3, 0.4) is 0 Å². The van der Waals surface area contributed by atoms with Crippen LogP contribution >= 0.6 is 0 Å². The van der Waals surface area contributed by atoms with Crippen molar-refractivity contribution >= 4 is 11.4 Å². The van der Waals surface area contributed by atoms with Gasteiger partial charge in [0.1, 0.15) is 5.82 Å². The van der Waals surface area contributed by atoms with Gasteiger partial charge in [0.05, 0.1) is 23.5 Å². The van der Waals surface area contributed by atoms with Crippen molar-refractivity contribution in [2.24, 2.45) is 5.73 Å². The van der Waals surface area contributed by atoms with E-state index in [4.69, 9.17) is 5.73 Å². The van der Waals surface area contributed by atoms with E-state index in [1.165, 1.54) is 29.0 Å². The smallest absolute Gasteiger partial charge is 0.252 e. The van der Waals surface area contributed by atoms with Gasteiger partial charge in [-0.2, -0.15) is 5.10 Å². The number of pyridine rings is 1. The number of carbonyl (C=O) groups excluding carboxylic acids is 1. The summed E-state index contributed by atoms with van der Waals surface area (Å²) in [6.45, 7) is 0. The largest absolute Gasteiger partial charge is 0.365 e. The number of nitrogens with two attached hydrogens (primary N) is 1. The van der Waals surface area contributed by atoms with Gasteiger partial charge in [0, 0.05) is 0 Å². The lowest BCUT2D eigenvalue weighted by Crippen LogP contribution is -2.10. The summed E-state index contributed by atoms with van der Waals surface area (Å²) in [6.07, 6.45) is 2.50. The Morgan fingerprint density at radius 2 is 2.31 bits per heavy atom. The molecule has 0 saturated carbocycles. The fourth-order valence-electron chi connectivity index (χ4n) is 1.15. The number of amides is 1. The molecule has 0 saturated heterocycles. The van der Waals surface area contributed by atoms with Crippen molar-refractivity contribution in [3.63, 3.8) is 0 Å². The molecule has 2 rings (SSSR count). The summed E-state index contributed by atoms with van der Waals surface area (Å²) in [4.78, 5) is 10.8. The summed E-state index contributed by atoms with van der Waals surface area (Å²) in [5, 5.41) is 3.78. The number of aromatic nitrogens is 2. The molecule has 4 nitrogen and oxygen atoms in total. The van der Waals surface area contributed by atoms with E-state index >= 15 is 0 Å². The second-order valence-electron chi connectivity index (χ2n) is 2.60. The molecular weight excluding hydrogens is 173 g/mol. The zero-order valence-electron chi connectivity index (χ0n) is 6.57. The summed E-state index contributed by atoms with van der Waals surface area (Å²) in [7, 11) is 0. The minimum atomic E-state index is -0.568. The van der Waals surface area contributed by atoms with Gasteiger partial charge in [0.25, 0.3) is 5.91 Å². The van der Waals surface area contributed by atoms with Crippen LogP contribution in [0.2, 0.25) is 0 Å². The lowest BCUT2D eigenvalue weighted by Gasteiger charge is -1.93. The molecule has 0 spiro atoms. The van der Waals surface area contributed by atoms with Crippen molar-refractivity contribution < 1.29 is 9.18 Å². The molecule has 0 aliphatic heterocycles. The van der Waals surface area contributed by atoms with Crippen molar-refractivity contribution in [2.75, 3.05) is 0 Å². The van der Waals surface area contributed by atoms with Gasteiger partial charge in [0.2, 0.25) is 0 Å². The number of halogens is 1. The standard InChI is InChI=1S/C8H6FN3O/c9-5-1-2-7-6(8(10)13)3-11-12(7)4-5/h1-4H,(H2,10,13). The third-order valence-electron chi connectivity index (χ3n) is 1.75. The molecule has 2 heterocycles. The van der Waals surface area contributed by atoms with Crippen LogP contribution in [-0.4, -0.2) is 15.5 Å². The van der Waals surface area contributed by atoms with Crippen LogP contribution in [0.25, 0.3) is 5.52 Å². The van der Waals surface area contributed by atoms with E-state index in [9.17, 15) is 9.18 Å². The maximum absolute atomic E-state index is 12.7. The average molecular weight is 179 g/mol. The Morgan fingerprint density at radius 1 is 1.54 bits per heavy atom. The van der Waals surface area contributed by atoms with Crippen LogP contribution in [0.15, 0.2) is 24.5 Å². The highest BCUT2D eigenvalue weighted by atomic mass is 19.1. The predicted molar refractivity (Wildman–Crippen MR) is 43.7 cm³/mol. The molecule has 66 valence electrons. The quantitative estimate of drug-likeness (QED) is 0.695. The molecule has 0 bridgehead atoms. The maximum Gasteiger partial charge on any atom is 0.252 e. The Balaban J connectivity index is 2.76. The van der Waals surface area contributed by atoms with Gasteiger partial charge in [-0.25, -0.2) is 8.91 Å². The Morgan fingerprint density at radius 3 is 3.00 bits per heavy atom. The van der Waals surface area contributed by atoms with Gasteiger partial charge in [0.15, 0.2) is 0 Å². The molecule has 0 unspecified atom stereocenters. The molecule has 2 N–H and O–H groups in total. The zero-order chi connectivity index (χ0) is 9.42. The van der Waals surface area contributed by atoms with E-state index in [1.807, 2.05) is 0 Å². The van der Waals surface area contributed by atoms with Gasteiger partial charge in [-0.05, 0) is 12.1 Å². The van der Waals surface area contributed by atoms with Gasteiger partial charge >= 0.3 is 0 Å². The van der Waals surface area contributed by atoms with E-state index in [2.05, 4.69) is 5.10 Å². The monoisotopic (exact) mass is 179 g/mol. The number of carbonyl (C=O) groups is 1. The number of hydrogen-bond donors (Lipinski definition) is 1. The Hall–Kier alpha value is -1.91. The SMILES string of the molecule is NC(=O)c1cnn2cc(F)ccc12. The highest BCUT2D eigenvalue weighted by molar-refractivity contribution is 5.99. The van der Waals surface area contributed by atoms with E-state index in [0.29, 0.717) is 11.1 Å². The van der Waals surface area contributed by atoms with Crippen molar-refractivity contribution in [2.45, 2.75) is 0 Å². The van der Waals surface area contributed by atoms with Crippen molar-refractivity contribution in [3.05, 3.63) is 35.9 Å². The molecule has 2 aromatic rings. The molecule has 13 heavy (non-hydrogen) atoms. The topological polar surface area (TPSA) is 60.4 Å². The van der Waals surface area contributed by atoms with Crippen molar-refractivity contribution in [1.29, 1.82) is 0 Å². The van der Waals surface area contributed by atoms with Gasteiger partial charge < -0.3 is 5.73 Å². The molecule has 0 aliphatic rings. The molecule has 0 fully saturated rings. The van der Waals surface area contributed by atoms with Crippen molar-refractivity contribution in [1.82, 2.24) is 9.61 Å². The zero-order valence-corrected chi connectivity index (χ0v) is 6.57. The van der Waals surface area contributed by atoms with Gasteiger partial charge in [-0.1, -0.05) is 0 Å². The molecule has 5 heteroatoms. The summed E-state index contributed by atoms with van der Waals surface area (Å²) in [5.74, 6) is -0.978.